The van der Waals surface area contributed by atoms with E-state index in [0.29, 0.717) is 11.5 Å². The third-order valence-corrected chi connectivity index (χ3v) is 5.04. The number of pyridine rings is 1. The molecule has 1 aliphatic heterocycles. The van der Waals surface area contributed by atoms with E-state index in [-0.39, 0.29) is 6.04 Å². The zero-order chi connectivity index (χ0) is 19.1. The fourth-order valence-corrected chi connectivity index (χ4v) is 3.64. The zero-order valence-corrected chi connectivity index (χ0v) is 16.4. The molecule has 0 saturated carbocycles. The van der Waals surface area contributed by atoms with Crippen LogP contribution in [0.1, 0.15) is 23.7 Å². The van der Waals surface area contributed by atoms with Gasteiger partial charge in [0.25, 0.3) is 0 Å². The van der Waals surface area contributed by atoms with Crippen LogP contribution < -0.4 is 19.5 Å². The zero-order valence-electron chi connectivity index (χ0n) is 16.4. The molecule has 0 aliphatic carbocycles. The second-order valence-corrected chi connectivity index (χ2v) is 6.63. The molecular weight excluding hydrogens is 342 g/mol. The number of benzene rings is 1. The summed E-state index contributed by atoms with van der Waals surface area (Å²) in [5, 5.41) is 3.48. The molecule has 1 unspecified atom stereocenters. The van der Waals surface area contributed by atoms with Crippen LogP contribution in [-0.4, -0.2) is 57.4 Å². The van der Waals surface area contributed by atoms with Gasteiger partial charge < -0.3 is 19.5 Å². The largest absolute Gasteiger partial charge is 0.496 e. The Hall–Kier alpha value is -2.31. The van der Waals surface area contributed by atoms with Gasteiger partial charge in [-0.25, -0.2) is 0 Å². The highest BCUT2D eigenvalue weighted by molar-refractivity contribution is 5.52. The van der Waals surface area contributed by atoms with E-state index < -0.39 is 0 Å². The monoisotopic (exact) mass is 371 g/mol. The Balaban J connectivity index is 2.02. The van der Waals surface area contributed by atoms with Gasteiger partial charge in [-0.15, -0.1) is 0 Å². The van der Waals surface area contributed by atoms with Gasteiger partial charge in [0.2, 0.25) is 0 Å². The van der Waals surface area contributed by atoms with Gasteiger partial charge in [-0.2, -0.15) is 0 Å². The Bertz CT molecular complexity index is 716. The maximum atomic E-state index is 5.73. The maximum absolute atomic E-state index is 5.73. The Labute approximate surface area is 161 Å². The van der Waals surface area contributed by atoms with Crippen molar-refractivity contribution in [1.82, 2.24) is 15.2 Å². The predicted octanol–water partition coefficient (Wildman–Crippen LogP) is 2.69. The van der Waals surface area contributed by atoms with Crippen molar-refractivity contribution in [3.63, 3.8) is 0 Å². The van der Waals surface area contributed by atoms with Gasteiger partial charge >= 0.3 is 0 Å². The summed E-state index contributed by atoms with van der Waals surface area (Å²) >= 11 is 0. The third-order valence-electron chi connectivity index (χ3n) is 5.04. The van der Waals surface area contributed by atoms with E-state index in [1.807, 2.05) is 30.5 Å². The highest BCUT2D eigenvalue weighted by atomic mass is 16.5. The topological polar surface area (TPSA) is 55.9 Å². The number of rotatable bonds is 7. The molecule has 1 aliphatic rings. The molecule has 27 heavy (non-hydrogen) atoms. The van der Waals surface area contributed by atoms with Crippen LogP contribution in [0.3, 0.4) is 0 Å². The minimum Gasteiger partial charge on any atom is -0.496 e. The lowest BCUT2D eigenvalue weighted by molar-refractivity contribution is 0.203. The van der Waals surface area contributed by atoms with E-state index >= 15 is 0 Å². The molecule has 1 N–H and O–H groups in total. The van der Waals surface area contributed by atoms with Gasteiger partial charge in [0.15, 0.2) is 11.5 Å². The molecule has 2 heterocycles. The number of ether oxygens (including phenoxy) is 3. The van der Waals surface area contributed by atoms with Crippen LogP contribution in [-0.2, 0) is 6.42 Å². The minimum atomic E-state index is 0.148. The van der Waals surface area contributed by atoms with Crippen molar-refractivity contribution in [3.05, 3.63) is 47.8 Å². The summed E-state index contributed by atoms with van der Waals surface area (Å²) in [5.41, 5.74) is 2.17. The lowest BCUT2D eigenvalue weighted by Crippen LogP contribution is -2.34. The van der Waals surface area contributed by atoms with E-state index in [4.69, 9.17) is 14.2 Å². The first kappa shape index (κ1) is 19.5. The summed E-state index contributed by atoms with van der Waals surface area (Å²) in [6.07, 6.45) is 3.78. The number of aromatic nitrogens is 1. The number of hydrogen-bond acceptors (Lipinski definition) is 6. The fourth-order valence-electron chi connectivity index (χ4n) is 3.64. The smallest absolute Gasteiger partial charge is 0.164 e. The fraction of sp³-hybridized carbons (Fsp3) is 0.476. The first-order valence-corrected chi connectivity index (χ1v) is 9.41. The number of nitrogens with zero attached hydrogens (tertiary/aromatic N) is 2. The SMILES string of the molecule is COc1cc(OC)c(C(Cc2ccccn2)N2CCCNCC2)cc1OC. The Morgan fingerprint density at radius 2 is 1.78 bits per heavy atom. The van der Waals surface area contributed by atoms with Gasteiger partial charge in [-0.1, -0.05) is 6.07 Å². The van der Waals surface area contributed by atoms with E-state index in [2.05, 4.69) is 21.3 Å². The van der Waals surface area contributed by atoms with Crippen LogP contribution in [0.25, 0.3) is 0 Å². The summed E-state index contributed by atoms with van der Waals surface area (Å²) in [4.78, 5) is 7.07. The third kappa shape index (κ3) is 4.70. The van der Waals surface area contributed by atoms with E-state index in [0.717, 1.165) is 56.0 Å². The maximum Gasteiger partial charge on any atom is 0.164 e. The molecule has 6 nitrogen and oxygen atoms in total. The van der Waals surface area contributed by atoms with Crippen LogP contribution in [0.5, 0.6) is 17.2 Å². The normalized spacial score (nSPS) is 16.4. The first-order valence-electron chi connectivity index (χ1n) is 9.41. The molecular formula is C21H29N3O3. The molecule has 0 radical (unpaired) electrons. The number of hydrogen-bond donors (Lipinski definition) is 1. The summed E-state index contributed by atoms with van der Waals surface area (Å²) in [5.74, 6) is 2.20. The lowest BCUT2D eigenvalue weighted by Gasteiger charge is -2.32. The molecule has 0 spiro atoms. The van der Waals surface area contributed by atoms with Crippen LogP contribution in [0.2, 0.25) is 0 Å². The van der Waals surface area contributed by atoms with Crippen molar-refractivity contribution >= 4 is 0 Å². The molecule has 6 heteroatoms. The van der Waals surface area contributed by atoms with Crippen LogP contribution >= 0.6 is 0 Å². The van der Waals surface area contributed by atoms with Gasteiger partial charge in [0, 0.05) is 55.6 Å². The molecule has 0 bridgehead atoms. The van der Waals surface area contributed by atoms with Crippen molar-refractivity contribution in [2.45, 2.75) is 18.9 Å². The van der Waals surface area contributed by atoms with Crippen LogP contribution in [0.15, 0.2) is 36.5 Å². The second kappa shape index (κ2) is 9.58. The van der Waals surface area contributed by atoms with E-state index in [1.165, 1.54) is 0 Å². The molecule has 1 saturated heterocycles. The highest BCUT2D eigenvalue weighted by Crippen LogP contribution is 2.40. The Morgan fingerprint density at radius 1 is 1.00 bits per heavy atom. The molecule has 2 aromatic rings. The van der Waals surface area contributed by atoms with Crippen molar-refractivity contribution in [2.75, 3.05) is 47.5 Å². The average molecular weight is 371 g/mol. The van der Waals surface area contributed by atoms with Gasteiger partial charge in [-0.3, -0.25) is 9.88 Å². The van der Waals surface area contributed by atoms with Crippen molar-refractivity contribution < 1.29 is 14.2 Å². The van der Waals surface area contributed by atoms with Gasteiger partial charge in [0.05, 0.1) is 21.3 Å². The molecule has 3 rings (SSSR count). The summed E-state index contributed by atoms with van der Waals surface area (Å²) in [6.45, 7) is 4.04. The average Bonchev–Trinajstić information content (AvgIpc) is 3.01. The van der Waals surface area contributed by atoms with E-state index in [1.54, 1.807) is 21.3 Å². The standard InChI is InChI=1S/C21H29N3O3/c1-25-19-15-21(27-3)20(26-2)14-17(19)18(13-16-7-4-5-9-23-16)24-11-6-8-22-10-12-24/h4-5,7,9,14-15,18,22H,6,8,10-13H2,1-3H3. The summed E-state index contributed by atoms with van der Waals surface area (Å²) in [6, 6.07) is 10.2. The van der Waals surface area contributed by atoms with Crippen LogP contribution in [0, 0.1) is 0 Å². The number of nitrogens with one attached hydrogen (secondary N) is 1. The molecule has 1 atom stereocenters. The van der Waals surface area contributed by atoms with Crippen molar-refractivity contribution in [3.8, 4) is 17.2 Å². The molecule has 1 aromatic carbocycles. The van der Waals surface area contributed by atoms with Gasteiger partial charge in [0.1, 0.15) is 5.75 Å². The van der Waals surface area contributed by atoms with Gasteiger partial charge in [-0.05, 0) is 31.2 Å². The molecule has 1 aromatic heterocycles. The first-order chi connectivity index (χ1) is 13.3. The van der Waals surface area contributed by atoms with E-state index in [9.17, 15) is 0 Å². The Morgan fingerprint density at radius 3 is 2.48 bits per heavy atom. The Kier molecular flexibility index (Phi) is 6.90. The summed E-state index contributed by atoms with van der Waals surface area (Å²) < 4.78 is 16.7. The quantitative estimate of drug-likeness (QED) is 0.808. The predicted molar refractivity (Wildman–Crippen MR) is 106 cm³/mol. The van der Waals surface area contributed by atoms with Crippen molar-refractivity contribution in [1.29, 1.82) is 0 Å². The van der Waals surface area contributed by atoms with Crippen molar-refractivity contribution in [2.24, 2.45) is 0 Å². The molecule has 1 fully saturated rings. The molecule has 0 amide bonds. The highest BCUT2D eigenvalue weighted by Gasteiger charge is 2.27. The minimum absolute atomic E-state index is 0.148. The lowest BCUT2D eigenvalue weighted by atomic mass is 9.97. The summed E-state index contributed by atoms with van der Waals surface area (Å²) in [7, 11) is 5.01. The van der Waals surface area contributed by atoms with Crippen LogP contribution in [0.4, 0.5) is 0 Å². The molecule has 146 valence electrons. The second-order valence-electron chi connectivity index (χ2n) is 6.63. The number of methoxy groups -OCH3 is 3.